The first kappa shape index (κ1) is 23.6. The van der Waals surface area contributed by atoms with Crippen LogP contribution in [0.5, 0.6) is 0 Å². The summed E-state index contributed by atoms with van der Waals surface area (Å²) in [5, 5.41) is 4.54. The van der Waals surface area contributed by atoms with E-state index in [2.05, 4.69) is 10.6 Å². The van der Waals surface area contributed by atoms with Gasteiger partial charge in [-0.15, -0.1) is 0 Å². The first-order valence-electron chi connectivity index (χ1n) is 7.94. The van der Waals surface area contributed by atoms with Gasteiger partial charge in [0, 0.05) is 21.2 Å². The van der Waals surface area contributed by atoms with Gasteiger partial charge in [-0.25, -0.2) is 4.21 Å². The Morgan fingerprint density at radius 1 is 0.700 bits per heavy atom. The van der Waals surface area contributed by atoms with Crippen LogP contribution in [0.4, 0.5) is 11.4 Å². The molecule has 0 fully saturated rings. The number of carbonyl (C=O) groups excluding carboxylic acids is 2. The Kier molecular flexibility index (Phi) is 7.44. The monoisotopic (exact) mass is 476 g/mol. The number of rotatable bonds is 8. The maximum Gasteiger partial charge on any atom is 0.274 e. The Morgan fingerprint density at radius 2 is 1.00 bits per heavy atom. The van der Waals surface area contributed by atoms with Crippen LogP contribution in [0.15, 0.2) is 58.3 Å². The normalized spacial score (nSPS) is 11.8. The summed E-state index contributed by atoms with van der Waals surface area (Å²) < 4.78 is 72.6. The number of hydrogen-bond acceptors (Lipinski definition) is 7. The lowest BCUT2D eigenvalue weighted by Gasteiger charge is -2.08. The van der Waals surface area contributed by atoms with Crippen LogP contribution in [0.25, 0.3) is 0 Å². The molecular formula is C16H16N2O9S3. The molecule has 0 saturated carbocycles. The van der Waals surface area contributed by atoms with Crippen LogP contribution in [-0.4, -0.2) is 53.5 Å². The van der Waals surface area contributed by atoms with Gasteiger partial charge in [0.15, 0.2) is 11.5 Å². The molecule has 0 unspecified atom stereocenters. The molecule has 162 valence electrons. The smallest absolute Gasteiger partial charge is 0.274 e. The predicted octanol–water partition coefficient (Wildman–Crippen LogP) is 0.506. The molecule has 0 spiro atoms. The van der Waals surface area contributed by atoms with Gasteiger partial charge in [0.2, 0.25) is 11.8 Å². The summed E-state index contributed by atoms with van der Waals surface area (Å²) in [5.74, 6) is -4.04. The van der Waals surface area contributed by atoms with Crippen LogP contribution in [0, 0.1) is 0 Å². The molecule has 0 aromatic heterocycles. The maximum atomic E-state index is 12.6. The van der Waals surface area contributed by atoms with Crippen molar-refractivity contribution in [2.75, 3.05) is 22.1 Å². The maximum absolute atomic E-state index is 12.6. The van der Waals surface area contributed by atoms with Crippen molar-refractivity contribution in [3.63, 3.8) is 0 Å². The SMILES string of the molecule is O=C(CS(=O)(=O)O)Nc1ccc(S(=O)c2ccc(NC(=O)CS(=O)(=O)O)cc2)cc1. The van der Waals surface area contributed by atoms with Crippen molar-refractivity contribution >= 4 is 54.2 Å². The van der Waals surface area contributed by atoms with Gasteiger partial charge in [-0.2, -0.15) is 16.8 Å². The molecular weight excluding hydrogens is 460 g/mol. The van der Waals surface area contributed by atoms with E-state index in [4.69, 9.17) is 9.11 Å². The van der Waals surface area contributed by atoms with Gasteiger partial charge < -0.3 is 10.6 Å². The molecule has 14 heteroatoms. The number of nitrogens with one attached hydrogen (secondary N) is 2. The molecule has 0 saturated heterocycles. The highest BCUT2D eigenvalue weighted by molar-refractivity contribution is 7.86. The molecule has 0 heterocycles. The summed E-state index contributed by atoms with van der Waals surface area (Å²) in [6.07, 6.45) is 0. The third-order valence-electron chi connectivity index (χ3n) is 3.33. The summed E-state index contributed by atoms with van der Waals surface area (Å²) >= 11 is 0. The van der Waals surface area contributed by atoms with Gasteiger partial charge in [-0.1, -0.05) is 0 Å². The number of amides is 2. The number of anilines is 2. The first-order valence-corrected chi connectivity index (χ1v) is 12.3. The molecule has 0 atom stereocenters. The zero-order valence-electron chi connectivity index (χ0n) is 15.0. The number of hydrogen-bond donors (Lipinski definition) is 4. The van der Waals surface area contributed by atoms with Gasteiger partial charge >= 0.3 is 0 Å². The van der Waals surface area contributed by atoms with Gasteiger partial charge in [0.1, 0.15) is 0 Å². The zero-order chi connectivity index (χ0) is 22.5. The van der Waals surface area contributed by atoms with Gasteiger partial charge in [0.25, 0.3) is 20.2 Å². The molecule has 0 bridgehead atoms. The third-order valence-corrected chi connectivity index (χ3v) is 5.99. The van der Waals surface area contributed by atoms with Crippen molar-refractivity contribution in [3.8, 4) is 0 Å². The van der Waals surface area contributed by atoms with Crippen LogP contribution in [0.3, 0.4) is 0 Å². The number of benzene rings is 2. The van der Waals surface area contributed by atoms with E-state index in [0.29, 0.717) is 9.79 Å². The Labute approximate surface area is 174 Å². The molecule has 4 N–H and O–H groups in total. The minimum Gasteiger partial charge on any atom is -0.325 e. The lowest BCUT2D eigenvalue weighted by Crippen LogP contribution is -2.22. The van der Waals surface area contributed by atoms with Crippen molar-refractivity contribution in [2.45, 2.75) is 9.79 Å². The molecule has 0 aliphatic rings. The van der Waals surface area contributed by atoms with Crippen LogP contribution in [-0.2, 0) is 40.6 Å². The van der Waals surface area contributed by atoms with Crippen LogP contribution < -0.4 is 10.6 Å². The van der Waals surface area contributed by atoms with Gasteiger partial charge in [-0.05, 0) is 48.5 Å². The summed E-state index contributed by atoms with van der Waals surface area (Å²) in [6.45, 7) is 0. The van der Waals surface area contributed by atoms with E-state index < -0.39 is 54.4 Å². The zero-order valence-corrected chi connectivity index (χ0v) is 17.5. The Balaban J connectivity index is 2.02. The molecule has 2 aromatic rings. The average Bonchev–Trinajstić information content (AvgIpc) is 2.59. The van der Waals surface area contributed by atoms with Crippen molar-refractivity contribution in [1.29, 1.82) is 0 Å². The molecule has 2 aromatic carbocycles. The van der Waals surface area contributed by atoms with Crippen LogP contribution >= 0.6 is 0 Å². The fourth-order valence-electron chi connectivity index (χ4n) is 2.19. The summed E-state index contributed by atoms with van der Waals surface area (Å²) in [4.78, 5) is 23.7. The van der Waals surface area contributed by atoms with Crippen molar-refractivity contribution in [3.05, 3.63) is 48.5 Å². The lowest BCUT2D eigenvalue weighted by atomic mass is 10.3. The average molecular weight is 477 g/mol. The standard InChI is InChI=1S/C16H16N2O9S3/c19-15(9-29(22,23)24)17-11-1-5-13(6-2-11)28(21)14-7-3-12(4-8-14)18-16(20)10-30(25,26)27/h1-8H,9-10H2,(H,17,19)(H,18,20)(H,22,23,24)(H,25,26,27). The molecule has 0 radical (unpaired) electrons. The minimum absolute atomic E-state index is 0.237. The highest BCUT2D eigenvalue weighted by Gasteiger charge is 2.15. The largest absolute Gasteiger partial charge is 0.325 e. The summed E-state index contributed by atoms with van der Waals surface area (Å²) in [6, 6.07) is 11.4. The second-order valence-corrected chi connectivity index (χ2v) is 10.3. The molecule has 30 heavy (non-hydrogen) atoms. The second kappa shape index (κ2) is 9.44. The predicted molar refractivity (Wildman–Crippen MR) is 108 cm³/mol. The summed E-state index contributed by atoms with van der Waals surface area (Å²) in [5.41, 5.74) is 0.475. The number of carbonyl (C=O) groups is 2. The topological polar surface area (TPSA) is 184 Å². The Hall–Kier alpha value is -2.65. The van der Waals surface area contributed by atoms with E-state index >= 15 is 0 Å². The molecule has 2 amide bonds. The molecule has 0 aliphatic heterocycles. The lowest BCUT2D eigenvalue weighted by molar-refractivity contribution is -0.114. The van der Waals surface area contributed by atoms with Gasteiger partial charge in [0.05, 0.1) is 10.8 Å². The van der Waals surface area contributed by atoms with Gasteiger partial charge in [-0.3, -0.25) is 18.7 Å². The first-order chi connectivity index (χ1) is 13.8. The van der Waals surface area contributed by atoms with E-state index in [-0.39, 0.29) is 11.4 Å². The summed E-state index contributed by atoms with van der Waals surface area (Å²) in [7, 11) is -10.5. The van der Waals surface area contributed by atoms with Crippen LogP contribution in [0.2, 0.25) is 0 Å². The fourth-order valence-corrected chi connectivity index (χ4v) is 4.03. The Bertz CT molecular complexity index is 1080. The van der Waals surface area contributed by atoms with Crippen LogP contribution in [0.1, 0.15) is 0 Å². The van der Waals surface area contributed by atoms with Crippen molar-refractivity contribution in [1.82, 2.24) is 0 Å². The Morgan fingerprint density at radius 3 is 1.27 bits per heavy atom. The van der Waals surface area contributed by atoms with E-state index in [1.165, 1.54) is 48.5 Å². The van der Waals surface area contributed by atoms with E-state index in [9.17, 15) is 30.6 Å². The van der Waals surface area contributed by atoms with E-state index in [1.807, 2.05) is 0 Å². The third kappa shape index (κ3) is 8.00. The highest BCUT2D eigenvalue weighted by Crippen LogP contribution is 2.20. The molecule has 11 nitrogen and oxygen atoms in total. The van der Waals surface area contributed by atoms with E-state index in [0.717, 1.165) is 0 Å². The van der Waals surface area contributed by atoms with Crippen molar-refractivity contribution < 1.29 is 39.7 Å². The van der Waals surface area contributed by atoms with E-state index in [1.54, 1.807) is 0 Å². The minimum atomic E-state index is -4.45. The quantitative estimate of drug-likeness (QED) is 0.394. The molecule has 2 rings (SSSR count). The highest BCUT2D eigenvalue weighted by atomic mass is 32.2. The van der Waals surface area contributed by atoms with Crippen molar-refractivity contribution in [2.24, 2.45) is 0 Å². The fraction of sp³-hybridized carbons (Fsp3) is 0.125. The second-order valence-electron chi connectivity index (χ2n) is 5.87. The molecule has 0 aliphatic carbocycles.